The van der Waals surface area contributed by atoms with Gasteiger partial charge in [-0.25, -0.2) is 4.79 Å². The lowest BCUT2D eigenvalue weighted by Gasteiger charge is -2.12. The minimum Gasteiger partial charge on any atom is -0.393 e. The molecule has 0 atom stereocenters. The van der Waals surface area contributed by atoms with Crippen LogP contribution in [0.25, 0.3) is 0 Å². The van der Waals surface area contributed by atoms with E-state index in [1.807, 2.05) is 6.92 Å². The molecule has 1 heterocycles. The van der Waals surface area contributed by atoms with Crippen molar-refractivity contribution in [1.82, 2.24) is 9.30 Å². The lowest BCUT2D eigenvalue weighted by atomic mass is 10.4. The Morgan fingerprint density at radius 3 is 2.50 bits per heavy atom. The van der Waals surface area contributed by atoms with E-state index in [1.165, 1.54) is 17.7 Å². The summed E-state index contributed by atoms with van der Waals surface area (Å²) in [6.07, 6.45) is 1.05. The minimum absolute atomic E-state index is 0.258. The lowest BCUT2D eigenvalue weighted by Crippen LogP contribution is -2.44. The number of hydrogen-bond acceptors (Lipinski definition) is 4. The first-order valence-electron chi connectivity index (χ1n) is 5.27. The smallest absolute Gasteiger partial charge is 0.365 e. The van der Waals surface area contributed by atoms with E-state index < -0.39 is 25.2 Å². The highest BCUT2D eigenvalue weighted by Gasteiger charge is 2.17. The predicted octanol–water partition coefficient (Wildman–Crippen LogP) is -0.708. The summed E-state index contributed by atoms with van der Waals surface area (Å²) in [4.78, 5) is 45.4. The molecule has 0 bridgehead atoms. The second kappa shape index (κ2) is 5.51. The lowest BCUT2D eigenvalue weighted by molar-refractivity contribution is 0.108. The zero-order valence-corrected chi connectivity index (χ0v) is 11.0. The maximum Gasteiger partial charge on any atom is 0.365 e. The Balaban J connectivity index is 3.21. The molecule has 0 saturated carbocycles. The van der Waals surface area contributed by atoms with Gasteiger partial charge in [-0.2, -0.15) is 0 Å². The van der Waals surface area contributed by atoms with Gasteiger partial charge in [0.05, 0.1) is 0 Å². The van der Waals surface area contributed by atoms with Crippen LogP contribution in [0.15, 0.2) is 15.8 Å². The summed E-state index contributed by atoms with van der Waals surface area (Å²) >= 11 is 0. The fourth-order valence-electron chi connectivity index (χ4n) is 1.36. The fraction of sp³-hybridized carbons (Fsp3) is 0.556. The van der Waals surface area contributed by atoms with Crippen LogP contribution in [-0.4, -0.2) is 25.4 Å². The van der Waals surface area contributed by atoms with Crippen molar-refractivity contribution < 1.29 is 19.2 Å². The molecule has 1 aromatic rings. The first-order chi connectivity index (χ1) is 8.26. The molecule has 0 saturated heterocycles. The van der Waals surface area contributed by atoms with Crippen molar-refractivity contribution in [3.63, 3.8) is 0 Å². The molecule has 0 aromatic carbocycles. The van der Waals surface area contributed by atoms with E-state index in [9.17, 15) is 14.2 Å². The van der Waals surface area contributed by atoms with Crippen molar-refractivity contribution >= 4 is 7.60 Å². The summed E-state index contributed by atoms with van der Waals surface area (Å²) in [5.41, 5.74) is -1.21. The highest BCUT2D eigenvalue weighted by Crippen LogP contribution is 2.32. The van der Waals surface area contributed by atoms with Gasteiger partial charge in [-0.1, -0.05) is 11.7 Å². The van der Waals surface area contributed by atoms with Gasteiger partial charge >= 0.3 is 13.3 Å². The number of aromatic nitrogens is 2. The second-order valence-electron chi connectivity index (χ2n) is 3.81. The average molecular weight is 278 g/mol. The Kier molecular flexibility index (Phi) is 4.50. The van der Waals surface area contributed by atoms with E-state index in [0.717, 1.165) is 0 Å². The standard InChI is InChI=1S/C9H15N2O6P/c1-3-4-10-5-7(2)8(12)11(9(10)13)17-6-18(14,15)16/h5H,3-4,6H2,1-2H3,(H2,14,15,16). The molecule has 8 nitrogen and oxygen atoms in total. The van der Waals surface area contributed by atoms with Gasteiger partial charge in [0.1, 0.15) is 0 Å². The van der Waals surface area contributed by atoms with E-state index in [4.69, 9.17) is 9.79 Å². The first-order valence-corrected chi connectivity index (χ1v) is 7.07. The molecule has 0 aliphatic carbocycles. The quantitative estimate of drug-likeness (QED) is 0.688. The molecular formula is C9H15N2O6P. The Morgan fingerprint density at radius 1 is 1.39 bits per heavy atom. The van der Waals surface area contributed by atoms with Gasteiger partial charge in [0, 0.05) is 18.3 Å². The summed E-state index contributed by atoms with van der Waals surface area (Å²) in [5.74, 6) is 0. The summed E-state index contributed by atoms with van der Waals surface area (Å²) in [6, 6.07) is 0. The number of aryl methyl sites for hydroxylation is 2. The van der Waals surface area contributed by atoms with Crippen molar-refractivity contribution in [2.75, 3.05) is 6.35 Å². The van der Waals surface area contributed by atoms with E-state index in [0.29, 0.717) is 17.7 Å². The van der Waals surface area contributed by atoms with E-state index >= 15 is 0 Å². The molecule has 102 valence electrons. The predicted molar refractivity (Wildman–Crippen MR) is 63.5 cm³/mol. The monoisotopic (exact) mass is 278 g/mol. The van der Waals surface area contributed by atoms with Gasteiger partial charge in [0.2, 0.25) is 6.35 Å². The van der Waals surface area contributed by atoms with Crippen molar-refractivity contribution in [2.45, 2.75) is 26.8 Å². The van der Waals surface area contributed by atoms with Crippen molar-refractivity contribution in [2.24, 2.45) is 0 Å². The highest BCUT2D eigenvalue weighted by atomic mass is 31.2. The minimum atomic E-state index is -4.45. The third kappa shape index (κ3) is 3.56. The maximum absolute atomic E-state index is 11.8. The van der Waals surface area contributed by atoms with Gasteiger partial charge in [-0.3, -0.25) is 13.9 Å². The topological polar surface area (TPSA) is 111 Å². The molecular weight excluding hydrogens is 263 g/mol. The van der Waals surface area contributed by atoms with Crippen LogP contribution in [-0.2, 0) is 11.1 Å². The Hall–Kier alpha value is -1.37. The molecule has 2 N–H and O–H groups in total. The summed E-state index contributed by atoms with van der Waals surface area (Å²) in [7, 11) is -4.45. The van der Waals surface area contributed by atoms with Crippen LogP contribution in [0.1, 0.15) is 18.9 Å². The van der Waals surface area contributed by atoms with Crippen molar-refractivity contribution in [3.05, 3.63) is 32.6 Å². The summed E-state index contributed by atoms with van der Waals surface area (Å²) < 4.78 is 12.3. The SMILES string of the molecule is CCCn1cc(C)c(=O)n(OCP(=O)(O)O)c1=O. The fourth-order valence-corrected chi connectivity index (χ4v) is 1.62. The molecule has 1 rings (SSSR count). The molecule has 0 spiro atoms. The Labute approximate surface area is 103 Å². The molecule has 0 aliphatic heterocycles. The van der Waals surface area contributed by atoms with Crippen LogP contribution >= 0.6 is 7.60 Å². The van der Waals surface area contributed by atoms with Crippen molar-refractivity contribution in [3.8, 4) is 0 Å². The highest BCUT2D eigenvalue weighted by molar-refractivity contribution is 7.51. The number of nitrogens with zero attached hydrogens (tertiary/aromatic N) is 2. The van der Waals surface area contributed by atoms with Crippen molar-refractivity contribution in [1.29, 1.82) is 0 Å². The van der Waals surface area contributed by atoms with Crippen LogP contribution in [0.5, 0.6) is 0 Å². The Bertz CT molecular complexity index is 584. The largest absolute Gasteiger partial charge is 0.393 e. The third-order valence-electron chi connectivity index (χ3n) is 2.11. The van der Waals surface area contributed by atoms with Crippen LogP contribution in [0.4, 0.5) is 0 Å². The molecule has 0 aliphatic rings. The maximum atomic E-state index is 11.8. The first kappa shape index (κ1) is 14.7. The second-order valence-corrected chi connectivity index (χ2v) is 5.40. The Morgan fingerprint density at radius 2 is 2.00 bits per heavy atom. The van der Waals surface area contributed by atoms with Crippen LogP contribution < -0.4 is 16.1 Å². The van der Waals surface area contributed by atoms with Gasteiger partial charge in [-0.15, -0.1) is 0 Å². The average Bonchev–Trinajstić information content (AvgIpc) is 2.24. The molecule has 0 amide bonds. The summed E-state index contributed by atoms with van der Waals surface area (Å²) in [5, 5.41) is 0. The molecule has 9 heteroatoms. The molecule has 1 aromatic heterocycles. The van der Waals surface area contributed by atoms with E-state index in [-0.39, 0.29) is 5.56 Å². The van der Waals surface area contributed by atoms with Gasteiger partial charge in [-0.05, 0) is 13.3 Å². The van der Waals surface area contributed by atoms with Gasteiger partial charge in [0.15, 0.2) is 0 Å². The zero-order valence-electron chi connectivity index (χ0n) is 10.1. The van der Waals surface area contributed by atoms with Crippen LogP contribution in [0.2, 0.25) is 0 Å². The zero-order chi connectivity index (χ0) is 13.9. The molecule has 0 radical (unpaired) electrons. The normalized spacial score (nSPS) is 11.6. The third-order valence-corrected chi connectivity index (χ3v) is 2.56. The van der Waals surface area contributed by atoms with E-state index in [2.05, 4.69) is 4.84 Å². The number of hydrogen-bond donors (Lipinski definition) is 2. The summed E-state index contributed by atoms with van der Waals surface area (Å²) in [6.45, 7) is 3.73. The molecule has 0 unspecified atom stereocenters. The van der Waals surface area contributed by atoms with E-state index in [1.54, 1.807) is 0 Å². The van der Waals surface area contributed by atoms with Crippen LogP contribution in [0, 0.1) is 6.92 Å². The van der Waals surface area contributed by atoms with Gasteiger partial charge in [0.25, 0.3) is 5.56 Å². The van der Waals surface area contributed by atoms with Crippen LogP contribution in [0.3, 0.4) is 0 Å². The van der Waals surface area contributed by atoms with Gasteiger partial charge < -0.3 is 14.6 Å². The molecule has 0 fully saturated rings. The number of rotatable bonds is 5. The molecule has 18 heavy (non-hydrogen) atoms.